The van der Waals surface area contributed by atoms with E-state index in [0.29, 0.717) is 0 Å². The number of thiophene rings is 1. The second kappa shape index (κ2) is 16.2. The van der Waals surface area contributed by atoms with E-state index in [-0.39, 0.29) is 0 Å². The Morgan fingerprint density at radius 3 is 1.04 bits per heavy atom. The lowest BCUT2D eigenvalue weighted by atomic mass is 9.98. The molecule has 336 valence electrons. The van der Waals surface area contributed by atoms with E-state index in [1.807, 2.05) is 11.3 Å². The van der Waals surface area contributed by atoms with Crippen LogP contribution in [0.2, 0.25) is 0 Å². The fourth-order valence-corrected chi connectivity index (χ4v) is 12.8. The standard InChI is InChI=1S/C68H43N3S/c1-5-17-44(18-6-1)67-59-43-52(33-38-66(59)72-68(67)45-19-7-2-8-20-45)71-64-36-31-48(46-29-34-62-55(39-46)53-25-13-15-27-60(53)69(62)50-21-9-3-10-22-50)41-57(64)58-42-49(32-37-65(58)71)47-30-35-63-56(40-47)54-26-14-16-28-61(54)70(63)51-23-11-4-12-24-51/h1-43H. The van der Waals surface area contributed by atoms with Crippen LogP contribution in [0.25, 0.3) is 136 Å². The molecule has 0 amide bonds. The predicted octanol–water partition coefficient (Wildman–Crippen LogP) is 18.9. The first-order valence-corrected chi connectivity index (χ1v) is 25.5. The number of benzene rings is 11. The minimum absolute atomic E-state index is 1.14. The lowest BCUT2D eigenvalue weighted by Crippen LogP contribution is -1.94. The second-order valence-corrected chi connectivity index (χ2v) is 19.9. The zero-order valence-corrected chi connectivity index (χ0v) is 39.9. The Balaban J connectivity index is 0.950. The van der Waals surface area contributed by atoms with Crippen LogP contribution in [0, 0.1) is 0 Å². The van der Waals surface area contributed by atoms with E-state index in [1.165, 1.54) is 119 Å². The van der Waals surface area contributed by atoms with Gasteiger partial charge >= 0.3 is 0 Å². The zero-order valence-electron chi connectivity index (χ0n) is 39.1. The van der Waals surface area contributed by atoms with E-state index < -0.39 is 0 Å². The molecule has 0 unspecified atom stereocenters. The van der Waals surface area contributed by atoms with Crippen molar-refractivity contribution < 1.29 is 0 Å². The summed E-state index contributed by atoms with van der Waals surface area (Å²) >= 11 is 1.87. The topological polar surface area (TPSA) is 14.8 Å². The summed E-state index contributed by atoms with van der Waals surface area (Å²) in [6, 6.07) is 96.0. The summed E-state index contributed by atoms with van der Waals surface area (Å²) < 4.78 is 8.54. The van der Waals surface area contributed by atoms with Crippen molar-refractivity contribution in [3.63, 3.8) is 0 Å². The Morgan fingerprint density at radius 1 is 0.222 bits per heavy atom. The summed E-state index contributed by atoms with van der Waals surface area (Å²) in [6.45, 7) is 0. The molecule has 3 nitrogen and oxygen atoms in total. The number of para-hydroxylation sites is 4. The zero-order chi connectivity index (χ0) is 47.3. The first-order valence-electron chi connectivity index (χ1n) is 24.7. The van der Waals surface area contributed by atoms with Crippen molar-refractivity contribution in [1.82, 2.24) is 13.7 Å². The lowest BCUT2D eigenvalue weighted by molar-refractivity contribution is 1.18. The molecular weight excluding hydrogens is 891 g/mol. The molecule has 15 aromatic rings. The van der Waals surface area contributed by atoms with Crippen molar-refractivity contribution in [2.24, 2.45) is 0 Å². The number of aromatic nitrogens is 3. The fraction of sp³-hybridized carbons (Fsp3) is 0. The molecule has 0 aliphatic carbocycles. The highest BCUT2D eigenvalue weighted by atomic mass is 32.1. The van der Waals surface area contributed by atoms with E-state index in [2.05, 4.69) is 275 Å². The van der Waals surface area contributed by atoms with E-state index in [4.69, 9.17) is 0 Å². The van der Waals surface area contributed by atoms with Crippen LogP contribution in [-0.4, -0.2) is 13.7 Å². The second-order valence-electron chi connectivity index (χ2n) is 18.9. The molecule has 11 aromatic carbocycles. The summed E-state index contributed by atoms with van der Waals surface area (Å²) in [5, 5.41) is 8.68. The monoisotopic (exact) mass is 933 g/mol. The van der Waals surface area contributed by atoms with Gasteiger partial charge in [-0.2, -0.15) is 0 Å². The van der Waals surface area contributed by atoms with E-state index >= 15 is 0 Å². The van der Waals surface area contributed by atoms with Gasteiger partial charge in [0.2, 0.25) is 0 Å². The van der Waals surface area contributed by atoms with Crippen LogP contribution in [-0.2, 0) is 0 Å². The number of hydrogen-bond donors (Lipinski definition) is 0. The van der Waals surface area contributed by atoms with Gasteiger partial charge in [-0.15, -0.1) is 11.3 Å². The smallest absolute Gasteiger partial charge is 0.0541 e. The molecule has 0 spiro atoms. The molecule has 4 heteroatoms. The molecule has 4 aromatic heterocycles. The quantitative estimate of drug-likeness (QED) is 0.151. The molecule has 0 aliphatic heterocycles. The Bertz CT molecular complexity index is 4380. The van der Waals surface area contributed by atoms with E-state index in [0.717, 1.165) is 17.1 Å². The van der Waals surface area contributed by atoms with Crippen LogP contribution in [0.3, 0.4) is 0 Å². The number of fused-ring (bicyclic) bond motifs is 10. The first-order chi connectivity index (χ1) is 35.7. The maximum atomic E-state index is 2.49. The minimum Gasteiger partial charge on any atom is -0.309 e. The number of rotatable bonds is 7. The molecule has 0 atom stereocenters. The van der Waals surface area contributed by atoms with Crippen molar-refractivity contribution in [2.75, 3.05) is 0 Å². The highest BCUT2D eigenvalue weighted by Crippen LogP contribution is 2.47. The van der Waals surface area contributed by atoms with Gasteiger partial charge < -0.3 is 13.7 Å². The third-order valence-corrected chi connectivity index (χ3v) is 16.1. The van der Waals surface area contributed by atoms with Gasteiger partial charge in [0.1, 0.15) is 0 Å². The van der Waals surface area contributed by atoms with E-state index in [1.54, 1.807) is 0 Å². The highest BCUT2D eigenvalue weighted by Gasteiger charge is 2.21. The summed E-state index contributed by atoms with van der Waals surface area (Å²) in [7, 11) is 0. The van der Waals surface area contributed by atoms with Crippen LogP contribution < -0.4 is 0 Å². The van der Waals surface area contributed by atoms with Gasteiger partial charge in [-0.25, -0.2) is 0 Å². The maximum absolute atomic E-state index is 2.49. The van der Waals surface area contributed by atoms with Crippen molar-refractivity contribution in [1.29, 1.82) is 0 Å². The number of nitrogens with zero attached hydrogens (tertiary/aromatic N) is 3. The molecule has 0 bridgehead atoms. The van der Waals surface area contributed by atoms with Gasteiger partial charge in [0, 0.05) is 69.9 Å². The van der Waals surface area contributed by atoms with Gasteiger partial charge in [-0.05, 0) is 137 Å². The summed E-state index contributed by atoms with van der Waals surface area (Å²) in [5.41, 5.74) is 19.1. The Hall–Kier alpha value is -9.22. The fourth-order valence-electron chi connectivity index (χ4n) is 11.6. The molecule has 0 saturated carbocycles. The third kappa shape index (κ3) is 6.29. The molecule has 4 heterocycles. The highest BCUT2D eigenvalue weighted by molar-refractivity contribution is 7.23. The normalized spacial score (nSPS) is 11.9. The van der Waals surface area contributed by atoms with Crippen molar-refractivity contribution >= 4 is 86.8 Å². The van der Waals surface area contributed by atoms with Crippen LogP contribution in [0.15, 0.2) is 261 Å². The molecule has 15 rings (SSSR count). The van der Waals surface area contributed by atoms with Crippen LogP contribution in [0.5, 0.6) is 0 Å². The van der Waals surface area contributed by atoms with Crippen molar-refractivity contribution in [2.45, 2.75) is 0 Å². The van der Waals surface area contributed by atoms with Gasteiger partial charge in [0.25, 0.3) is 0 Å². The van der Waals surface area contributed by atoms with Crippen LogP contribution >= 0.6 is 11.3 Å². The van der Waals surface area contributed by atoms with Gasteiger partial charge in [0.15, 0.2) is 0 Å². The van der Waals surface area contributed by atoms with Crippen LogP contribution in [0.4, 0.5) is 0 Å². The Morgan fingerprint density at radius 2 is 0.583 bits per heavy atom. The molecule has 0 fully saturated rings. The predicted molar refractivity (Wildman–Crippen MR) is 307 cm³/mol. The van der Waals surface area contributed by atoms with Crippen molar-refractivity contribution in [3.8, 4) is 60.9 Å². The number of hydrogen-bond acceptors (Lipinski definition) is 1. The molecule has 0 aliphatic rings. The van der Waals surface area contributed by atoms with Gasteiger partial charge in [-0.1, -0.05) is 158 Å². The van der Waals surface area contributed by atoms with Crippen molar-refractivity contribution in [3.05, 3.63) is 261 Å². The Labute approximate surface area is 420 Å². The molecular formula is C68H43N3S. The van der Waals surface area contributed by atoms with Gasteiger partial charge in [0.05, 0.1) is 33.1 Å². The Kier molecular flexibility index (Phi) is 9.13. The average molecular weight is 934 g/mol. The molecule has 0 N–H and O–H groups in total. The summed E-state index contributed by atoms with van der Waals surface area (Å²) in [4.78, 5) is 1.29. The van der Waals surface area contributed by atoms with Gasteiger partial charge in [-0.3, -0.25) is 0 Å². The van der Waals surface area contributed by atoms with E-state index in [9.17, 15) is 0 Å². The molecule has 0 radical (unpaired) electrons. The lowest BCUT2D eigenvalue weighted by Gasteiger charge is -2.11. The average Bonchev–Trinajstić information content (AvgIpc) is 4.19. The minimum atomic E-state index is 1.14. The summed E-state index contributed by atoms with van der Waals surface area (Å²) in [6.07, 6.45) is 0. The maximum Gasteiger partial charge on any atom is 0.0541 e. The molecule has 0 saturated heterocycles. The largest absolute Gasteiger partial charge is 0.309 e. The molecule has 72 heavy (non-hydrogen) atoms. The van der Waals surface area contributed by atoms with Crippen LogP contribution in [0.1, 0.15) is 0 Å². The SMILES string of the molecule is c1ccc(-c2sc3ccc(-n4c5ccc(-c6ccc7c(c6)c6ccccc6n7-c6ccccc6)cc5c5cc(-c6ccc7c(c6)c6ccccc6n7-c6ccccc6)ccc54)cc3c2-c2ccccc2)cc1. The first kappa shape index (κ1) is 40.6. The summed E-state index contributed by atoms with van der Waals surface area (Å²) in [5.74, 6) is 0. The third-order valence-electron chi connectivity index (χ3n) is 14.8.